The zero-order valence-electron chi connectivity index (χ0n) is 11.6. The molecule has 18 heavy (non-hydrogen) atoms. The van der Waals surface area contributed by atoms with E-state index >= 15 is 0 Å². The van der Waals surface area contributed by atoms with Crippen molar-refractivity contribution in [1.29, 1.82) is 0 Å². The molecule has 2 N–H and O–H groups in total. The summed E-state index contributed by atoms with van der Waals surface area (Å²) in [7, 11) is 3.37. The number of methoxy groups -OCH3 is 2. The molecule has 0 radical (unpaired) electrons. The van der Waals surface area contributed by atoms with E-state index in [1.54, 1.807) is 14.2 Å². The van der Waals surface area contributed by atoms with Gasteiger partial charge in [0.2, 0.25) is 0 Å². The number of rotatable bonds is 9. The minimum atomic E-state index is 0.795. The van der Waals surface area contributed by atoms with Gasteiger partial charge in [0, 0.05) is 13.0 Å². The van der Waals surface area contributed by atoms with Gasteiger partial charge in [-0.2, -0.15) is 0 Å². The molecular weight excluding hydrogens is 230 g/mol. The first-order valence-electron chi connectivity index (χ1n) is 6.42. The summed E-state index contributed by atoms with van der Waals surface area (Å²) in [6, 6.07) is 5.89. The SMILES string of the molecule is CCOCCC[NH2+]Cc1cc(OC)ccc1OC. The monoisotopic (exact) mass is 254 g/mol. The molecule has 102 valence electrons. The van der Waals surface area contributed by atoms with E-state index in [-0.39, 0.29) is 0 Å². The van der Waals surface area contributed by atoms with E-state index < -0.39 is 0 Å². The van der Waals surface area contributed by atoms with Crippen molar-refractivity contribution in [3.05, 3.63) is 23.8 Å². The van der Waals surface area contributed by atoms with Crippen LogP contribution in [-0.2, 0) is 11.3 Å². The average molecular weight is 254 g/mol. The van der Waals surface area contributed by atoms with Crippen molar-refractivity contribution in [3.63, 3.8) is 0 Å². The Morgan fingerprint density at radius 2 is 2.00 bits per heavy atom. The van der Waals surface area contributed by atoms with Crippen molar-refractivity contribution in [2.45, 2.75) is 19.9 Å². The van der Waals surface area contributed by atoms with Crippen molar-refractivity contribution in [2.24, 2.45) is 0 Å². The molecule has 4 nitrogen and oxygen atoms in total. The normalized spacial score (nSPS) is 10.4. The van der Waals surface area contributed by atoms with Crippen LogP contribution in [0.15, 0.2) is 18.2 Å². The highest BCUT2D eigenvalue weighted by molar-refractivity contribution is 5.39. The highest BCUT2D eigenvalue weighted by Gasteiger charge is 2.06. The van der Waals surface area contributed by atoms with Gasteiger partial charge < -0.3 is 19.5 Å². The average Bonchev–Trinajstić information content (AvgIpc) is 2.42. The molecule has 0 aliphatic carbocycles. The van der Waals surface area contributed by atoms with Crippen molar-refractivity contribution in [1.82, 2.24) is 0 Å². The minimum absolute atomic E-state index is 0.795. The van der Waals surface area contributed by atoms with E-state index in [4.69, 9.17) is 14.2 Å². The van der Waals surface area contributed by atoms with Crippen molar-refractivity contribution in [2.75, 3.05) is 34.0 Å². The van der Waals surface area contributed by atoms with Gasteiger partial charge in [-0.15, -0.1) is 0 Å². The smallest absolute Gasteiger partial charge is 0.127 e. The molecule has 0 aliphatic heterocycles. The first-order valence-corrected chi connectivity index (χ1v) is 6.42. The third-order valence-corrected chi connectivity index (χ3v) is 2.75. The predicted molar refractivity (Wildman–Crippen MR) is 71.2 cm³/mol. The van der Waals surface area contributed by atoms with Gasteiger partial charge >= 0.3 is 0 Å². The Labute approximate surface area is 109 Å². The molecule has 0 fully saturated rings. The van der Waals surface area contributed by atoms with Gasteiger partial charge in [-0.1, -0.05) is 0 Å². The Balaban J connectivity index is 2.39. The first kappa shape index (κ1) is 14.8. The van der Waals surface area contributed by atoms with Gasteiger partial charge in [0.25, 0.3) is 0 Å². The molecule has 0 amide bonds. The van der Waals surface area contributed by atoms with Crippen molar-refractivity contribution < 1.29 is 19.5 Å². The van der Waals surface area contributed by atoms with Crippen molar-refractivity contribution in [3.8, 4) is 11.5 Å². The number of hydrogen-bond donors (Lipinski definition) is 1. The summed E-state index contributed by atoms with van der Waals surface area (Å²) in [5.74, 6) is 1.78. The molecule has 0 saturated carbocycles. The predicted octanol–water partition coefficient (Wildman–Crippen LogP) is 1.19. The Kier molecular flexibility index (Phi) is 7.22. The fourth-order valence-corrected chi connectivity index (χ4v) is 1.77. The number of quaternary nitrogens is 1. The summed E-state index contributed by atoms with van der Waals surface area (Å²) in [5.41, 5.74) is 1.16. The van der Waals surface area contributed by atoms with Gasteiger partial charge in [0.15, 0.2) is 0 Å². The molecule has 1 aromatic rings. The van der Waals surface area contributed by atoms with Crippen LogP contribution in [0.25, 0.3) is 0 Å². The van der Waals surface area contributed by atoms with E-state index in [0.717, 1.165) is 49.8 Å². The zero-order valence-corrected chi connectivity index (χ0v) is 11.6. The van der Waals surface area contributed by atoms with E-state index in [9.17, 15) is 0 Å². The molecule has 1 aromatic carbocycles. The molecule has 0 spiro atoms. The van der Waals surface area contributed by atoms with Crippen LogP contribution in [-0.4, -0.2) is 34.0 Å². The van der Waals surface area contributed by atoms with Gasteiger partial charge in [-0.05, 0) is 25.1 Å². The van der Waals surface area contributed by atoms with Crippen LogP contribution in [0.1, 0.15) is 18.9 Å². The maximum atomic E-state index is 5.34. The number of ether oxygens (including phenoxy) is 3. The fourth-order valence-electron chi connectivity index (χ4n) is 1.77. The molecule has 0 aromatic heterocycles. The van der Waals surface area contributed by atoms with Gasteiger partial charge in [-0.25, -0.2) is 0 Å². The number of hydrogen-bond acceptors (Lipinski definition) is 3. The molecule has 0 unspecified atom stereocenters. The lowest BCUT2D eigenvalue weighted by atomic mass is 10.2. The van der Waals surface area contributed by atoms with Crippen LogP contribution in [0.5, 0.6) is 11.5 Å². The summed E-state index contributed by atoms with van der Waals surface area (Å²) in [5, 5.41) is 2.26. The van der Waals surface area contributed by atoms with Gasteiger partial charge in [0.1, 0.15) is 18.0 Å². The minimum Gasteiger partial charge on any atom is -0.497 e. The zero-order chi connectivity index (χ0) is 13.2. The maximum Gasteiger partial charge on any atom is 0.127 e. The summed E-state index contributed by atoms with van der Waals surface area (Å²) in [4.78, 5) is 0. The van der Waals surface area contributed by atoms with E-state index in [0.29, 0.717) is 0 Å². The Hall–Kier alpha value is -1.26. The lowest BCUT2D eigenvalue weighted by Crippen LogP contribution is -2.82. The third-order valence-electron chi connectivity index (χ3n) is 2.75. The van der Waals surface area contributed by atoms with Crippen LogP contribution >= 0.6 is 0 Å². The Morgan fingerprint density at radius 1 is 1.17 bits per heavy atom. The largest absolute Gasteiger partial charge is 0.497 e. The lowest BCUT2D eigenvalue weighted by Gasteiger charge is -2.09. The van der Waals surface area contributed by atoms with Crippen LogP contribution in [0, 0.1) is 0 Å². The Morgan fingerprint density at radius 3 is 2.67 bits per heavy atom. The fraction of sp³-hybridized carbons (Fsp3) is 0.571. The van der Waals surface area contributed by atoms with Crippen LogP contribution < -0.4 is 14.8 Å². The quantitative estimate of drug-likeness (QED) is 0.673. The molecule has 0 saturated heterocycles. The molecular formula is C14H24NO3+. The summed E-state index contributed by atoms with van der Waals surface area (Å²) >= 11 is 0. The second kappa shape index (κ2) is 8.78. The lowest BCUT2D eigenvalue weighted by molar-refractivity contribution is -0.671. The molecule has 4 heteroatoms. The van der Waals surface area contributed by atoms with E-state index in [2.05, 4.69) is 5.32 Å². The second-order valence-electron chi connectivity index (χ2n) is 4.01. The second-order valence-corrected chi connectivity index (χ2v) is 4.01. The molecule has 1 rings (SSSR count). The maximum absolute atomic E-state index is 5.34. The highest BCUT2D eigenvalue weighted by atomic mass is 16.5. The van der Waals surface area contributed by atoms with Crippen molar-refractivity contribution >= 4 is 0 Å². The van der Waals surface area contributed by atoms with Crippen LogP contribution in [0.2, 0.25) is 0 Å². The first-order chi connectivity index (χ1) is 8.81. The molecule has 0 heterocycles. The highest BCUT2D eigenvalue weighted by Crippen LogP contribution is 2.22. The molecule has 0 bridgehead atoms. The summed E-state index contributed by atoms with van der Waals surface area (Å²) < 4.78 is 15.9. The standard InChI is InChI=1S/C14H23NO3/c1-4-18-9-5-8-15-11-12-10-13(16-2)6-7-14(12)17-3/h6-7,10,15H,4-5,8-9,11H2,1-3H3/p+1. The third kappa shape index (κ3) is 4.94. The number of benzene rings is 1. The molecule has 0 aliphatic rings. The Bertz CT molecular complexity index is 342. The number of nitrogens with two attached hydrogens (primary N) is 1. The van der Waals surface area contributed by atoms with Crippen LogP contribution in [0.3, 0.4) is 0 Å². The molecule has 0 atom stereocenters. The van der Waals surface area contributed by atoms with Gasteiger partial charge in [-0.3, -0.25) is 0 Å². The summed E-state index contributed by atoms with van der Waals surface area (Å²) in [6.45, 7) is 5.60. The van der Waals surface area contributed by atoms with Crippen LogP contribution in [0.4, 0.5) is 0 Å². The van der Waals surface area contributed by atoms with E-state index in [1.165, 1.54) is 0 Å². The topological polar surface area (TPSA) is 44.3 Å². The van der Waals surface area contributed by atoms with E-state index in [1.807, 2.05) is 25.1 Å². The van der Waals surface area contributed by atoms with Gasteiger partial charge in [0.05, 0.1) is 32.9 Å². The summed E-state index contributed by atoms with van der Waals surface area (Å²) in [6.07, 6.45) is 1.07.